The molecule has 0 bridgehead atoms. The zero-order valence-corrected chi connectivity index (χ0v) is 36.0. The summed E-state index contributed by atoms with van der Waals surface area (Å²) in [4.78, 5) is 37.1. The third-order valence-electron chi connectivity index (χ3n) is 10.5. The van der Waals surface area contributed by atoms with Crippen LogP contribution in [0.2, 0.25) is 25.7 Å². The number of likely N-dealkylation sites (tertiary alicyclic amines) is 1. The van der Waals surface area contributed by atoms with Gasteiger partial charge in [-0.1, -0.05) is 50.0 Å². The summed E-state index contributed by atoms with van der Waals surface area (Å²) in [6, 6.07) is 17.9. The average Bonchev–Trinajstić information content (AvgIpc) is 3.52. The molecule has 2 aromatic heterocycles. The number of aliphatic hydroxyl groups is 1. The maximum atomic E-state index is 15.4. The number of anilines is 1. The first-order valence-electron chi connectivity index (χ1n) is 19.8. The highest BCUT2D eigenvalue weighted by Gasteiger charge is 2.28. The number of carbonyl (C=O) groups is 2. The van der Waals surface area contributed by atoms with Crippen molar-refractivity contribution in [3.05, 3.63) is 101 Å². The number of amides is 2. The van der Waals surface area contributed by atoms with Gasteiger partial charge in [0, 0.05) is 44.4 Å². The van der Waals surface area contributed by atoms with E-state index in [1.165, 1.54) is 50.0 Å². The highest BCUT2D eigenvalue weighted by Crippen LogP contribution is 2.38. The molecule has 5 aromatic rings. The molecule has 1 fully saturated rings. The van der Waals surface area contributed by atoms with Crippen LogP contribution in [0.25, 0.3) is 33.5 Å². The topological polar surface area (TPSA) is 119 Å². The van der Waals surface area contributed by atoms with Crippen molar-refractivity contribution in [1.82, 2.24) is 19.4 Å². The van der Waals surface area contributed by atoms with Crippen molar-refractivity contribution in [2.24, 2.45) is 0 Å². The minimum Gasteiger partial charge on any atom is -0.444 e. The van der Waals surface area contributed by atoms with Gasteiger partial charge in [0.05, 0.1) is 22.6 Å². The van der Waals surface area contributed by atoms with Crippen LogP contribution < -0.4 is 5.32 Å². The third kappa shape index (κ3) is 9.99. The molecule has 0 saturated carbocycles. The van der Waals surface area contributed by atoms with Crippen molar-refractivity contribution in [2.75, 3.05) is 25.0 Å². The van der Waals surface area contributed by atoms with Crippen LogP contribution in [0.1, 0.15) is 80.4 Å². The van der Waals surface area contributed by atoms with E-state index in [1.54, 1.807) is 11.8 Å². The number of fused-ring (bicyclic) bond motifs is 1. The quantitative estimate of drug-likeness (QED) is 0.101. The van der Waals surface area contributed by atoms with Gasteiger partial charge in [0.15, 0.2) is 0 Å². The van der Waals surface area contributed by atoms with Gasteiger partial charge in [-0.05, 0) is 119 Å². The molecule has 1 aliphatic heterocycles. The first-order chi connectivity index (χ1) is 27.2. The molecule has 3 aromatic carbocycles. The molecule has 10 nitrogen and oxygen atoms in total. The van der Waals surface area contributed by atoms with Crippen molar-refractivity contribution in [1.29, 1.82) is 0 Å². The molecule has 0 spiro atoms. The molecule has 308 valence electrons. The van der Waals surface area contributed by atoms with Crippen LogP contribution in [-0.4, -0.2) is 69.9 Å². The predicted octanol–water partition coefficient (Wildman–Crippen LogP) is 10.3. The van der Waals surface area contributed by atoms with Crippen LogP contribution in [-0.2, 0) is 21.8 Å². The number of piperidine rings is 1. The Morgan fingerprint density at radius 1 is 0.948 bits per heavy atom. The number of hydrogen-bond acceptors (Lipinski definition) is 7. The van der Waals surface area contributed by atoms with Crippen LogP contribution in [0.4, 0.5) is 19.3 Å². The number of nitrogens with zero attached hydrogens (tertiary/aromatic N) is 4. The average molecular weight is 812 g/mol. The van der Waals surface area contributed by atoms with Crippen LogP contribution in [0.5, 0.6) is 0 Å². The van der Waals surface area contributed by atoms with E-state index in [0.29, 0.717) is 59.0 Å². The van der Waals surface area contributed by atoms with E-state index >= 15 is 8.78 Å². The maximum absolute atomic E-state index is 15.4. The molecule has 3 heterocycles. The van der Waals surface area contributed by atoms with Crippen LogP contribution >= 0.6 is 0 Å². The summed E-state index contributed by atoms with van der Waals surface area (Å²) in [5.41, 5.74) is 3.45. The number of rotatable bonds is 11. The molecule has 2 amide bonds. The van der Waals surface area contributed by atoms with Gasteiger partial charge in [-0.2, -0.15) is 0 Å². The number of carbonyl (C=O) groups excluding carboxylic acids is 2. The van der Waals surface area contributed by atoms with Gasteiger partial charge >= 0.3 is 6.09 Å². The number of hydrogen-bond donors (Lipinski definition) is 2. The summed E-state index contributed by atoms with van der Waals surface area (Å²) in [7, 11) is -1.36. The highest BCUT2D eigenvalue weighted by molar-refractivity contribution is 6.76. The van der Waals surface area contributed by atoms with E-state index in [1.807, 2.05) is 31.4 Å². The number of nitrogens with one attached hydrogen (secondary N) is 1. The van der Waals surface area contributed by atoms with Crippen LogP contribution in [0.15, 0.2) is 67.0 Å². The summed E-state index contributed by atoms with van der Waals surface area (Å²) in [5, 5.41) is 13.7. The number of benzene rings is 3. The lowest BCUT2D eigenvalue weighted by atomic mass is 9.89. The molecule has 1 saturated heterocycles. The first-order valence-corrected chi connectivity index (χ1v) is 23.5. The van der Waals surface area contributed by atoms with E-state index in [4.69, 9.17) is 9.47 Å². The standard InChI is InChI=1S/C45H55F2N5O5Si/c1-28-35(23-33(46)24-38(28)50-42(53)34-15-14-32(22-37(34)47)45(5,6)55)40-36-25-39(52(41(36)49-26-48-40)27-56-20-21-58(7,8)9)31-12-10-29(11-13-31)30-16-18-51(19-17-30)43(54)57-44(2,3)4/h10-15,22-26,30,55H,16-21,27H2,1-9H3,(H,50,53). The Labute approximate surface area is 340 Å². The molecular weight excluding hydrogens is 757 g/mol. The molecule has 6 rings (SSSR count). The van der Waals surface area contributed by atoms with Crippen molar-refractivity contribution < 1.29 is 33.0 Å². The molecule has 0 atom stereocenters. The van der Waals surface area contributed by atoms with Crippen molar-refractivity contribution >= 4 is 36.8 Å². The molecule has 13 heteroatoms. The minimum absolute atomic E-state index is 0.166. The Bertz CT molecular complexity index is 2300. The lowest BCUT2D eigenvalue weighted by molar-refractivity contribution is 0.0204. The second-order valence-electron chi connectivity index (χ2n) is 18.0. The molecule has 0 radical (unpaired) electrons. The van der Waals surface area contributed by atoms with Crippen molar-refractivity contribution in [2.45, 2.75) is 104 Å². The van der Waals surface area contributed by atoms with Crippen molar-refractivity contribution in [3.8, 4) is 22.5 Å². The minimum atomic E-state index is -1.36. The normalized spacial score (nSPS) is 14.2. The second kappa shape index (κ2) is 16.7. The Kier molecular flexibility index (Phi) is 12.3. The van der Waals surface area contributed by atoms with E-state index < -0.39 is 36.8 Å². The smallest absolute Gasteiger partial charge is 0.410 e. The Morgan fingerprint density at radius 2 is 1.64 bits per heavy atom. The maximum Gasteiger partial charge on any atom is 0.410 e. The molecule has 0 aliphatic carbocycles. The lowest BCUT2D eigenvalue weighted by Crippen LogP contribution is -2.41. The van der Waals surface area contributed by atoms with Gasteiger partial charge in [0.25, 0.3) is 5.91 Å². The van der Waals surface area contributed by atoms with Gasteiger partial charge < -0.3 is 29.4 Å². The number of aromatic nitrogens is 3. The highest BCUT2D eigenvalue weighted by atomic mass is 28.3. The lowest BCUT2D eigenvalue weighted by Gasteiger charge is -2.33. The number of halogens is 2. The molecule has 0 unspecified atom stereocenters. The van der Waals surface area contributed by atoms with Gasteiger partial charge in [-0.15, -0.1) is 0 Å². The van der Waals surface area contributed by atoms with E-state index in [9.17, 15) is 14.7 Å². The second-order valence-corrected chi connectivity index (χ2v) is 23.6. The fourth-order valence-electron chi connectivity index (χ4n) is 7.15. The molecule has 1 aliphatic rings. The Morgan fingerprint density at radius 3 is 2.26 bits per heavy atom. The number of ether oxygens (including phenoxy) is 2. The van der Waals surface area contributed by atoms with Crippen LogP contribution in [0, 0.1) is 18.6 Å². The SMILES string of the molecule is Cc1c(NC(=O)c2ccc(C(C)(C)O)cc2F)cc(F)cc1-c1ncnc2c1cc(-c1ccc(C3CCN(C(=O)OC(C)(C)C)CC3)cc1)n2COCC[Si](C)(C)C. The zero-order chi connectivity index (χ0) is 42.2. The summed E-state index contributed by atoms with van der Waals surface area (Å²) in [6.07, 6.45) is 2.83. The zero-order valence-electron chi connectivity index (χ0n) is 35.0. The van der Waals surface area contributed by atoms with E-state index in [-0.39, 0.29) is 24.1 Å². The molecule has 2 N–H and O–H groups in total. The van der Waals surface area contributed by atoms with E-state index in [2.05, 4.69) is 59.2 Å². The Balaban J connectivity index is 1.32. The Hall–Kier alpha value is -4.98. The third-order valence-corrected chi connectivity index (χ3v) is 12.2. The largest absolute Gasteiger partial charge is 0.444 e. The fourth-order valence-corrected chi connectivity index (χ4v) is 7.91. The predicted molar refractivity (Wildman–Crippen MR) is 227 cm³/mol. The summed E-state index contributed by atoms with van der Waals surface area (Å²) in [6.45, 7) is 19.4. The van der Waals surface area contributed by atoms with Crippen LogP contribution in [0.3, 0.4) is 0 Å². The van der Waals surface area contributed by atoms with Gasteiger partial charge in [0.2, 0.25) is 0 Å². The first kappa shape index (κ1) is 42.6. The summed E-state index contributed by atoms with van der Waals surface area (Å²) >= 11 is 0. The summed E-state index contributed by atoms with van der Waals surface area (Å²) < 4.78 is 44.4. The molecule has 58 heavy (non-hydrogen) atoms. The summed E-state index contributed by atoms with van der Waals surface area (Å²) in [5.74, 6) is -1.87. The van der Waals surface area contributed by atoms with Gasteiger partial charge in [0.1, 0.15) is 35.9 Å². The van der Waals surface area contributed by atoms with Gasteiger partial charge in [-0.3, -0.25) is 4.79 Å². The van der Waals surface area contributed by atoms with Gasteiger partial charge in [-0.25, -0.2) is 23.5 Å². The fraction of sp³-hybridized carbons (Fsp3) is 0.422. The molecular formula is C45H55F2N5O5Si. The van der Waals surface area contributed by atoms with Crippen molar-refractivity contribution in [3.63, 3.8) is 0 Å². The monoisotopic (exact) mass is 811 g/mol. The van der Waals surface area contributed by atoms with E-state index in [0.717, 1.165) is 36.2 Å².